The van der Waals surface area contributed by atoms with Crippen LogP contribution >= 0.6 is 0 Å². The Labute approximate surface area is 140 Å². The number of anilines is 2. The highest BCUT2D eigenvalue weighted by Gasteiger charge is 2.20. The van der Waals surface area contributed by atoms with Crippen LogP contribution in [0.25, 0.3) is 0 Å². The third-order valence-electron chi connectivity index (χ3n) is 4.98. The monoisotopic (exact) mass is 317 g/mol. The first kappa shape index (κ1) is 16.6. The molecule has 0 amide bonds. The van der Waals surface area contributed by atoms with Gasteiger partial charge in [-0.05, 0) is 63.2 Å². The standard InChI is InChI=1S/C18H31N5/c19-16-4-6-17(7-5-16)23(18-14-20-8-9-21-15-18)13-3-12-22-10-1-2-11-22/h4-7,18,20-21H,1-3,8-15,19H2. The first-order chi connectivity index (χ1) is 11.3. The van der Waals surface area contributed by atoms with Crippen molar-refractivity contribution in [3.63, 3.8) is 0 Å². The van der Waals surface area contributed by atoms with Crippen molar-refractivity contribution in [2.75, 3.05) is 63.0 Å². The number of likely N-dealkylation sites (tertiary alicyclic amines) is 1. The number of benzene rings is 1. The van der Waals surface area contributed by atoms with Gasteiger partial charge >= 0.3 is 0 Å². The normalized spacial score (nSPS) is 20.5. The van der Waals surface area contributed by atoms with Crippen LogP contribution in [0.1, 0.15) is 19.3 Å². The molecule has 0 aromatic heterocycles. The Balaban J connectivity index is 1.63. The molecule has 0 radical (unpaired) electrons. The maximum Gasteiger partial charge on any atom is 0.0539 e. The Morgan fingerprint density at radius 1 is 1.04 bits per heavy atom. The Bertz CT molecular complexity index is 447. The van der Waals surface area contributed by atoms with Gasteiger partial charge in [-0.2, -0.15) is 0 Å². The molecule has 0 aliphatic carbocycles. The van der Waals surface area contributed by atoms with Gasteiger partial charge in [0.2, 0.25) is 0 Å². The van der Waals surface area contributed by atoms with Crippen LogP contribution in [0.4, 0.5) is 11.4 Å². The summed E-state index contributed by atoms with van der Waals surface area (Å²) in [5, 5.41) is 7.10. The molecule has 128 valence electrons. The van der Waals surface area contributed by atoms with Crippen LogP contribution in [0.15, 0.2) is 24.3 Å². The summed E-state index contributed by atoms with van der Waals surface area (Å²) in [6.07, 6.45) is 3.97. The molecule has 2 heterocycles. The fraction of sp³-hybridized carbons (Fsp3) is 0.667. The van der Waals surface area contributed by atoms with E-state index in [1.54, 1.807) is 0 Å². The number of hydrogen-bond donors (Lipinski definition) is 3. The van der Waals surface area contributed by atoms with Crippen LogP contribution in [-0.2, 0) is 0 Å². The van der Waals surface area contributed by atoms with E-state index in [1.165, 1.54) is 44.6 Å². The second-order valence-corrected chi connectivity index (χ2v) is 6.75. The van der Waals surface area contributed by atoms with E-state index in [4.69, 9.17) is 5.73 Å². The van der Waals surface area contributed by atoms with Crippen LogP contribution in [0.3, 0.4) is 0 Å². The maximum atomic E-state index is 5.86. The van der Waals surface area contributed by atoms with E-state index in [0.717, 1.165) is 38.4 Å². The van der Waals surface area contributed by atoms with Crippen LogP contribution in [0.2, 0.25) is 0 Å². The molecule has 0 spiro atoms. The Morgan fingerprint density at radius 3 is 2.35 bits per heavy atom. The molecule has 0 bridgehead atoms. The maximum absolute atomic E-state index is 5.86. The summed E-state index contributed by atoms with van der Waals surface area (Å²) < 4.78 is 0. The van der Waals surface area contributed by atoms with Gasteiger partial charge in [0, 0.05) is 44.1 Å². The molecule has 1 aromatic carbocycles. The minimum Gasteiger partial charge on any atom is -0.399 e. The molecule has 23 heavy (non-hydrogen) atoms. The summed E-state index contributed by atoms with van der Waals surface area (Å²) in [6.45, 7) is 9.10. The zero-order valence-corrected chi connectivity index (χ0v) is 14.1. The van der Waals surface area contributed by atoms with E-state index in [0.29, 0.717) is 6.04 Å². The number of rotatable bonds is 6. The summed E-state index contributed by atoms with van der Waals surface area (Å²) >= 11 is 0. The van der Waals surface area contributed by atoms with E-state index in [-0.39, 0.29) is 0 Å². The average Bonchev–Trinajstić information content (AvgIpc) is 2.94. The van der Waals surface area contributed by atoms with E-state index in [2.05, 4.69) is 32.6 Å². The first-order valence-electron chi connectivity index (χ1n) is 9.09. The van der Waals surface area contributed by atoms with Crippen molar-refractivity contribution in [2.45, 2.75) is 25.3 Å². The molecular formula is C18H31N5. The van der Waals surface area contributed by atoms with Crippen molar-refractivity contribution in [2.24, 2.45) is 0 Å². The zero-order chi connectivity index (χ0) is 15.9. The molecule has 2 aliphatic rings. The third kappa shape index (κ3) is 4.83. The highest BCUT2D eigenvalue weighted by Crippen LogP contribution is 2.20. The molecular weight excluding hydrogens is 286 g/mol. The molecule has 3 rings (SSSR count). The lowest BCUT2D eigenvalue weighted by molar-refractivity contribution is 0.332. The van der Waals surface area contributed by atoms with E-state index in [9.17, 15) is 0 Å². The molecule has 0 unspecified atom stereocenters. The lowest BCUT2D eigenvalue weighted by Gasteiger charge is -2.34. The lowest BCUT2D eigenvalue weighted by atomic mass is 10.1. The first-order valence-corrected chi connectivity index (χ1v) is 9.09. The largest absolute Gasteiger partial charge is 0.399 e. The van der Waals surface area contributed by atoms with Gasteiger partial charge in [0.1, 0.15) is 0 Å². The fourth-order valence-electron chi connectivity index (χ4n) is 3.67. The fourth-order valence-corrected chi connectivity index (χ4v) is 3.67. The highest BCUT2D eigenvalue weighted by molar-refractivity contribution is 5.54. The zero-order valence-electron chi connectivity index (χ0n) is 14.1. The van der Waals surface area contributed by atoms with Crippen molar-refractivity contribution in [1.29, 1.82) is 0 Å². The van der Waals surface area contributed by atoms with Crippen LogP contribution in [0, 0.1) is 0 Å². The highest BCUT2D eigenvalue weighted by atomic mass is 15.2. The molecule has 4 N–H and O–H groups in total. The predicted octanol–water partition coefficient (Wildman–Crippen LogP) is 1.12. The van der Waals surface area contributed by atoms with Crippen LogP contribution in [-0.4, -0.2) is 63.3 Å². The van der Waals surface area contributed by atoms with Gasteiger partial charge in [0.25, 0.3) is 0 Å². The summed E-state index contributed by atoms with van der Waals surface area (Å²) in [5.41, 5.74) is 7.99. The molecule has 5 nitrogen and oxygen atoms in total. The Hall–Kier alpha value is -1.30. The van der Waals surface area contributed by atoms with Gasteiger partial charge in [-0.15, -0.1) is 0 Å². The number of nitrogens with two attached hydrogens (primary N) is 1. The van der Waals surface area contributed by atoms with Crippen molar-refractivity contribution in [1.82, 2.24) is 15.5 Å². The minimum atomic E-state index is 0.500. The van der Waals surface area contributed by atoms with Gasteiger partial charge in [-0.1, -0.05) is 0 Å². The molecule has 2 fully saturated rings. The third-order valence-corrected chi connectivity index (χ3v) is 4.98. The summed E-state index contributed by atoms with van der Waals surface area (Å²) in [5.74, 6) is 0. The van der Waals surface area contributed by atoms with Gasteiger partial charge in [-0.25, -0.2) is 0 Å². The van der Waals surface area contributed by atoms with Crippen LogP contribution in [0.5, 0.6) is 0 Å². The molecule has 0 atom stereocenters. The SMILES string of the molecule is Nc1ccc(N(CCCN2CCCC2)C2CNCCNC2)cc1. The van der Waals surface area contributed by atoms with Gasteiger partial charge in [0.15, 0.2) is 0 Å². The summed E-state index contributed by atoms with van der Waals surface area (Å²) in [4.78, 5) is 5.16. The van der Waals surface area contributed by atoms with Crippen molar-refractivity contribution in [3.05, 3.63) is 24.3 Å². The topological polar surface area (TPSA) is 56.6 Å². The number of nitrogens with zero attached hydrogens (tertiary/aromatic N) is 2. The van der Waals surface area contributed by atoms with Crippen LogP contribution < -0.4 is 21.3 Å². The van der Waals surface area contributed by atoms with E-state index in [1.807, 2.05) is 12.1 Å². The number of nitrogen functional groups attached to an aromatic ring is 1. The Kier molecular flexibility index (Phi) is 6.13. The quantitative estimate of drug-likeness (QED) is 0.687. The van der Waals surface area contributed by atoms with Crippen molar-refractivity contribution in [3.8, 4) is 0 Å². The second-order valence-electron chi connectivity index (χ2n) is 6.75. The van der Waals surface area contributed by atoms with Gasteiger partial charge in [0.05, 0.1) is 6.04 Å². The minimum absolute atomic E-state index is 0.500. The van der Waals surface area contributed by atoms with E-state index >= 15 is 0 Å². The smallest absolute Gasteiger partial charge is 0.0539 e. The van der Waals surface area contributed by atoms with Crippen molar-refractivity contribution < 1.29 is 0 Å². The predicted molar refractivity (Wildman–Crippen MR) is 98.0 cm³/mol. The molecule has 1 aromatic rings. The van der Waals surface area contributed by atoms with Crippen molar-refractivity contribution >= 4 is 11.4 Å². The number of nitrogens with one attached hydrogen (secondary N) is 2. The average molecular weight is 317 g/mol. The summed E-state index contributed by atoms with van der Waals surface area (Å²) in [6, 6.07) is 8.85. The molecule has 0 saturated carbocycles. The molecule has 5 heteroatoms. The number of hydrogen-bond acceptors (Lipinski definition) is 5. The van der Waals surface area contributed by atoms with E-state index < -0.39 is 0 Å². The molecule has 2 aliphatic heterocycles. The molecule has 2 saturated heterocycles. The lowest BCUT2D eigenvalue weighted by Crippen LogP contribution is -2.46. The van der Waals surface area contributed by atoms with Gasteiger partial charge in [-0.3, -0.25) is 0 Å². The summed E-state index contributed by atoms with van der Waals surface area (Å²) in [7, 11) is 0. The Morgan fingerprint density at radius 2 is 1.70 bits per heavy atom. The second kappa shape index (κ2) is 8.52. The van der Waals surface area contributed by atoms with Gasteiger partial charge < -0.3 is 26.2 Å².